The van der Waals surface area contributed by atoms with Crippen LogP contribution in [0.2, 0.25) is 0 Å². The molecule has 1 N–H and O–H groups in total. The number of nitrogens with zero attached hydrogens (tertiary/aromatic N) is 1. The highest BCUT2D eigenvalue weighted by atomic mass is 32.1. The van der Waals surface area contributed by atoms with Crippen molar-refractivity contribution >= 4 is 17.3 Å². The first kappa shape index (κ1) is 23.1. The van der Waals surface area contributed by atoms with Crippen LogP contribution in [0.25, 0.3) is 0 Å². The first-order valence-corrected chi connectivity index (χ1v) is 9.39. The maximum Gasteiger partial charge on any atom is 0.169 e. The highest BCUT2D eigenvalue weighted by Gasteiger charge is 2.09. The summed E-state index contributed by atoms with van der Waals surface area (Å²) in [7, 11) is 0. The Balaban J connectivity index is 2.33. The topological polar surface area (TPSA) is 70.7 Å². The van der Waals surface area contributed by atoms with Crippen LogP contribution in [-0.4, -0.2) is 102 Å². The van der Waals surface area contributed by atoms with E-state index in [0.717, 1.165) is 0 Å². The fourth-order valence-electron chi connectivity index (χ4n) is 2.06. The van der Waals surface area contributed by atoms with Gasteiger partial charge in [0.15, 0.2) is 5.11 Å². The molecule has 1 aliphatic rings. The van der Waals surface area contributed by atoms with Gasteiger partial charge in [0, 0.05) is 13.1 Å². The third-order valence-corrected chi connectivity index (χ3v) is 3.80. The zero-order valence-electron chi connectivity index (χ0n) is 15.5. The molecule has 0 aromatic rings. The summed E-state index contributed by atoms with van der Waals surface area (Å²) in [5.41, 5.74) is 0. The number of hydrogen-bond acceptors (Lipinski definition) is 7. The number of ether oxygens (including phenoxy) is 6. The Hall–Kier alpha value is -0.970. The van der Waals surface area contributed by atoms with Crippen LogP contribution in [0.4, 0.5) is 0 Å². The molecule has 1 saturated heterocycles. The average molecular weight is 393 g/mol. The minimum Gasteiger partial charge on any atom is -0.500 e. The lowest BCUT2D eigenvalue weighted by atomic mass is 10.5. The van der Waals surface area contributed by atoms with Crippen LogP contribution < -0.4 is 5.32 Å². The van der Waals surface area contributed by atoms with Crippen LogP contribution in [0, 0.1) is 0 Å². The van der Waals surface area contributed by atoms with E-state index in [9.17, 15) is 0 Å². The second-order valence-electron chi connectivity index (χ2n) is 5.32. The molecule has 26 heavy (non-hydrogen) atoms. The van der Waals surface area contributed by atoms with E-state index in [-0.39, 0.29) is 0 Å². The fraction of sp³-hybridized carbons (Fsp3) is 0.824. The zero-order valence-corrected chi connectivity index (χ0v) is 16.3. The van der Waals surface area contributed by atoms with Crippen LogP contribution in [0.5, 0.6) is 0 Å². The van der Waals surface area contributed by atoms with Crippen molar-refractivity contribution in [3.63, 3.8) is 0 Å². The van der Waals surface area contributed by atoms with Gasteiger partial charge in [0.05, 0.1) is 78.9 Å². The molecule has 1 heterocycles. The molecule has 1 aliphatic heterocycles. The monoisotopic (exact) mass is 392 g/mol. The molecule has 0 bridgehead atoms. The predicted molar refractivity (Wildman–Crippen MR) is 102 cm³/mol. The number of thiocarbonyl (C=S) groups is 1. The van der Waals surface area contributed by atoms with Crippen molar-refractivity contribution in [2.45, 2.75) is 0 Å². The standard InChI is InChI=1S/C17H32N2O6S/c1-2-20-6-3-18-17(26)19-4-7-21-9-11-23-13-15-25-16-14-24-12-10-22-8-5-19/h2H,1,3-16H2,(H,18,26). The third-order valence-electron chi connectivity index (χ3n) is 3.40. The first-order chi connectivity index (χ1) is 12.8. The molecule has 0 spiro atoms. The van der Waals surface area contributed by atoms with Gasteiger partial charge in [-0.15, -0.1) is 0 Å². The largest absolute Gasteiger partial charge is 0.500 e. The maximum absolute atomic E-state index is 5.61. The Labute approximate surface area is 161 Å². The van der Waals surface area contributed by atoms with E-state index in [0.29, 0.717) is 97.4 Å². The van der Waals surface area contributed by atoms with E-state index in [1.165, 1.54) is 6.26 Å². The van der Waals surface area contributed by atoms with Gasteiger partial charge in [-0.05, 0) is 12.2 Å². The molecule has 0 aliphatic carbocycles. The highest BCUT2D eigenvalue weighted by Crippen LogP contribution is 1.94. The van der Waals surface area contributed by atoms with E-state index in [2.05, 4.69) is 11.9 Å². The van der Waals surface area contributed by atoms with Gasteiger partial charge < -0.3 is 38.6 Å². The van der Waals surface area contributed by atoms with Crippen LogP contribution in [0.15, 0.2) is 12.8 Å². The van der Waals surface area contributed by atoms with Crippen molar-refractivity contribution in [3.8, 4) is 0 Å². The lowest BCUT2D eigenvalue weighted by Crippen LogP contribution is -2.44. The van der Waals surface area contributed by atoms with Crippen LogP contribution in [0.3, 0.4) is 0 Å². The normalized spacial score (nSPS) is 19.8. The second-order valence-corrected chi connectivity index (χ2v) is 5.70. The minimum absolute atomic E-state index is 0.517. The molecule has 0 amide bonds. The van der Waals surface area contributed by atoms with E-state index < -0.39 is 0 Å². The Morgan fingerprint density at radius 1 is 0.846 bits per heavy atom. The Bertz CT molecular complexity index is 344. The number of nitrogens with one attached hydrogen (secondary N) is 1. The maximum atomic E-state index is 5.61. The van der Waals surface area contributed by atoms with Gasteiger partial charge in [-0.2, -0.15) is 0 Å². The van der Waals surface area contributed by atoms with Crippen LogP contribution >= 0.6 is 12.2 Å². The van der Waals surface area contributed by atoms with E-state index >= 15 is 0 Å². The van der Waals surface area contributed by atoms with Gasteiger partial charge in [0.2, 0.25) is 0 Å². The number of hydrogen-bond donors (Lipinski definition) is 1. The van der Waals surface area contributed by atoms with Crippen molar-refractivity contribution in [3.05, 3.63) is 12.8 Å². The van der Waals surface area contributed by atoms with Gasteiger partial charge in [0.25, 0.3) is 0 Å². The molecular weight excluding hydrogens is 360 g/mol. The number of rotatable bonds is 4. The molecule has 0 aromatic carbocycles. The Morgan fingerprint density at radius 2 is 1.27 bits per heavy atom. The summed E-state index contributed by atoms with van der Waals surface area (Å²) >= 11 is 5.45. The fourth-order valence-corrected chi connectivity index (χ4v) is 2.34. The van der Waals surface area contributed by atoms with Gasteiger partial charge in [0.1, 0.15) is 6.61 Å². The molecule has 0 radical (unpaired) electrons. The van der Waals surface area contributed by atoms with Gasteiger partial charge in [-0.25, -0.2) is 0 Å². The highest BCUT2D eigenvalue weighted by molar-refractivity contribution is 7.80. The summed E-state index contributed by atoms with van der Waals surface area (Å²) in [4.78, 5) is 2.03. The van der Waals surface area contributed by atoms with Crippen LogP contribution in [-0.2, 0) is 28.4 Å². The van der Waals surface area contributed by atoms with Crippen molar-refractivity contribution < 1.29 is 28.4 Å². The Kier molecular flexibility index (Phi) is 15.5. The van der Waals surface area contributed by atoms with E-state index in [1.54, 1.807) is 0 Å². The van der Waals surface area contributed by atoms with Crippen molar-refractivity contribution in [1.82, 2.24) is 10.2 Å². The van der Waals surface area contributed by atoms with Gasteiger partial charge in [-0.3, -0.25) is 0 Å². The van der Waals surface area contributed by atoms with Crippen molar-refractivity contribution in [2.75, 3.05) is 92.3 Å². The quantitative estimate of drug-likeness (QED) is 0.416. The molecule has 1 fully saturated rings. The molecule has 8 nitrogen and oxygen atoms in total. The molecule has 1 rings (SSSR count). The molecule has 9 heteroatoms. The molecule has 152 valence electrons. The lowest BCUT2D eigenvalue weighted by molar-refractivity contribution is -0.0156. The summed E-state index contributed by atoms with van der Waals surface area (Å²) in [5.74, 6) is 0. The molecule has 0 aromatic heterocycles. The van der Waals surface area contributed by atoms with E-state index in [4.69, 9.17) is 40.6 Å². The summed E-state index contributed by atoms with van der Waals surface area (Å²) in [6, 6.07) is 0. The van der Waals surface area contributed by atoms with Crippen molar-refractivity contribution in [1.29, 1.82) is 0 Å². The summed E-state index contributed by atoms with van der Waals surface area (Å²) in [6.07, 6.45) is 1.42. The first-order valence-electron chi connectivity index (χ1n) is 8.98. The SMILES string of the molecule is C=COCCNC(=S)N1CCOCCOCCOCCOCCOCC1. The summed E-state index contributed by atoms with van der Waals surface area (Å²) in [6.45, 7) is 11.5. The Morgan fingerprint density at radius 3 is 1.69 bits per heavy atom. The summed E-state index contributed by atoms with van der Waals surface area (Å²) in [5, 5.41) is 3.82. The molecule has 0 unspecified atom stereocenters. The smallest absolute Gasteiger partial charge is 0.169 e. The molecule has 0 saturated carbocycles. The average Bonchev–Trinajstić information content (AvgIpc) is 2.65. The lowest BCUT2D eigenvalue weighted by Gasteiger charge is -2.26. The van der Waals surface area contributed by atoms with E-state index in [1.807, 2.05) is 4.90 Å². The molecular formula is C17H32N2O6S. The second kappa shape index (κ2) is 17.4. The molecule has 0 atom stereocenters. The van der Waals surface area contributed by atoms with Crippen molar-refractivity contribution in [2.24, 2.45) is 0 Å². The zero-order chi connectivity index (χ0) is 18.7. The third kappa shape index (κ3) is 13.3. The predicted octanol–water partition coefficient (Wildman–Crippen LogP) is 0.420. The van der Waals surface area contributed by atoms with Crippen LogP contribution in [0.1, 0.15) is 0 Å². The van der Waals surface area contributed by atoms with Gasteiger partial charge >= 0.3 is 0 Å². The van der Waals surface area contributed by atoms with Gasteiger partial charge in [-0.1, -0.05) is 6.58 Å². The summed E-state index contributed by atoms with van der Waals surface area (Å²) < 4.78 is 32.6. The minimum atomic E-state index is 0.517.